The topological polar surface area (TPSA) is 44.1 Å². The molecule has 1 aliphatic rings. The van der Waals surface area contributed by atoms with Crippen LogP contribution in [0.5, 0.6) is 5.75 Å². The van der Waals surface area contributed by atoms with E-state index in [1.165, 1.54) is 16.0 Å². The van der Waals surface area contributed by atoms with E-state index in [9.17, 15) is 4.79 Å². The average molecular weight is 445 g/mol. The van der Waals surface area contributed by atoms with Crippen LogP contribution in [0.15, 0.2) is 46.9 Å². The molecule has 3 heterocycles. The number of thioether (sulfide) groups is 2. The molecule has 0 N–H and O–H groups in total. The Kier molecular flexibility index (Phi) is 5.82. The molecule has 2 aromatic heterocycles. The summed E-state index contributed by atoms with van der Waals surface area (Å²) in [7, 11) is 1.66. The van der Waals surface area contributed by atoms with Gasteiger partial charge < -0.3 is 4.74 Å². The number of methoxy groups -OCH3 is 1. The molecule has 0 saturated heterocycles. The van der Waals surface area contributed by atoms with E-state index < -0.39 is 0 Å². The molecule has 0 atom stereocenters. The van der Waals surface area contributed by atoms with E-state index in [2.05, 4.69) is 20.4 Å². The number of hydrogen-bond acceptors (Lipinski definition) is 6. The Labute approximate surface area is 183 Å². The molecule has 0 unspecified atom stereocenters. The van der Waals surface area contributed by atoms with Crippen LogP contribution in [0.1, 0.15) is 29.9 Å². The van der Waals surface area contributed by atoms with Gasteiger partial charge in [0.1, 0.15) is 10.6 Å². The minimum atomic E-state index is 0.0623. The lowest BCUT2D eigenvalue weighted by molar-refractivity contribution is 0.414. The zero-order valence-electron chi connectivity index (χ0n) is 16.9. The summed E-state index contributed by atoms with van der Waals surface area (Å²) in [5, 5.41) is 1.57. The number of aromatic nitrogens is 2. The quantitative estimate of drug-likeness (QED) is 0.285. The number of allylic oxidation sites excluding steroid dienone is 1. The fraction of sp³-hybridized carbons (Fsp3) is 0.364. The fourth-order valence-corrected chi connectivity index (χ4v) is 6.82. The lowest BCUT2D eigenvalue weighted by Crippen LogP contribution is -2.26. The molecule has 1 aliphatic heterocycles. The molecule has 0 fully saturated rings. The number of thiophene rings is 1. The molecule has 0 bridgehead atoms. The maximum Gasteiger partial charge on any atom is 0.263 e. The first-order valence-corrected chi connectivity index (χ1v) is 12.3. The molecule has 4 nitrogen and oxygen atoms in total. The first kappa shape index (κ1) is 20.6. The Hall–Kier alpha value is -1.70. The van der Waals surface area contributed by atoms with E-state index >= 15 is 0 Å². The summed E-state index contributed by atoms with van der Waals surface area (Å²) in [6.07, 6.45) is 2.68. The monoisotopic (exact) mass is 444 g/mol. The molecule has 3 aromatic rings. The van der Waals surface area contributed by atoms with Gasteiger partial charge in [-0.2, -0.15) is 0 Å². The number of hydrogen-bond donors (Lipinski definition) is 0. The van der Waals surface area contributed by atoms with Crippen LogP contribution in [-0.2, 0) is 24.5 Å². The van der Waals surface area contributed by atoms with Gasteiger partial charge in [-0.3, -0.25) is 9.36 Å². The third kappa shape index (κ3) is 4.13. The van der Waals surface area contributed by atoms with Gasteiger partial charge in [0.15, 0.2) is 5.16 Å². The lowest BCUT2D eigenvalue weighted by atomic mass is 10.00. The van der Waals surface area contributed by atoms with E-state index in [4.69, 9.17) is 9.72 Å². The molecule has 152 valence electrons. The molecule has 0 aliphatic carbocycles. The van der Waals surface area contributed by atoms with Crippen LogP contribution in [0.25, 0.3) is 10.2 Å². The average Bonchev–Trinajstić information content (AvgIpc) is 3.05. The summed E-state index contributed by atoms with van der Waals surface area (Å²) < 4.78 is 7.15. The van der Waals surface area contributed by atoms with Crippen LogP contribution in [0.3, 0.4) is 0 Å². The fourth-order valence-electron chi connectivity index (χ4n) is 3.48. The molecule has 0 amide bonds. The number of ether oxygens (including phenoxy) is 1. The van der Waals surface area contributed by atoms with Crippen molar-refractivity contribution in [3.8, 4) is 5.75 Å². The van der Waals surface area contributed by atoms with E-state index in [-0.39, 0.29) is 10.3 Å². The smallest absolute Gasteiger partial charge is 0.263 e. The van der Waals surface area contributed by atoms with Crippen molar-refractivity contribution in [2.45, 2.75) is 48.2 Å². The van der Waals surface area contributed by atoms with Crippen LogP contribution in [-0.4, -0.2) is 21.4 Å². The van der Waals surface area contributed by atoms with Crippen LogP contribution >= 0.6 is 34.9 Å². The van der Waals surface area contributed by atoms with Crippen molar-refractivity contribution in [3.63, 3.8) is 0 Å². The standard InChI is InChI=1S/C22H24N2O2S3/c1-5-10-24-20(25)18-16-11-22(2,3)28-13-17(16)29-19(18)23-21(24)27-12-14-6-8-15(26-4)9-7-14/h5-9H,1,10-13H2,2-4H3. The second kappa shape index (κ2) is 8.20. The normalized spacial score (nSPS) is 15.3. The van der Waals surface area contributed by atoms with Crippen molar-refractivity contribution in [1.29, 1.82) is 0 Å². The first-order valence-electron chi connectivity index (χ1n) is 9.47. The third-order valence-electron chi connectivity index (χ3n) is 4.99. The van der Waals surface area contributed by atoms with E-state index in [1.807, 2.05) is 36.0 Å². The molecule has 29 heavy (non-hydrogen) atoms. The van der Waals surface area contributed by atoms with E-state index in [1.54, 1.807) is 40.9 Å². The maximum absolute atomic E-state index is 13.4. The van der Waals surface area contributed by atoms with Gasteiger partial charge in [0.05, 0.1) is 12.5 Å². The van der Waals surface area contributed by atoms with Crippen molar-refractivity contribution in [2.75, 3.05) is 7.11 Å². The maximum atomic E-state index is 13.4. The number of rotatable bonds is 6. The highest BCUT2D eigenvalue weighted by molar-refractivity contribution is 8.00. The lowest BCUT2D eigenvalue weighted by Gasteiger charge is -2.28. The van der Waals surface area contributed by atoms with Gasteiger partial charge in [-0.25, -0.2) is 4.98 Å². The van der Waals surface area contributed by atoms with Gasteiger partial charge in [-0.05, 0) is 29.7 Å². The second-order valence-electron chi connectivity index (χ2n) is 7.64. The molecule has 1 aromatic carbocycles. The van der Waals surface area contributed by atoms with Crippen LogP contribution < -0.4 is 10.3 Å². The Morgan fingerprint density at radius 1 is 1.34 bits per heavy atom. The summed E-state index contributed by atoms with van der Waals surface area (Å²) >= 11 is 5.23. The minimum absolute atomic E-state index is 0.0623. The van der Waals surface area contributed by atoms with Gasteiger partial charge in [-0.15, -0.1) is 29.7 Å². The van der Waals surface area contributed by atoms with Gasteiger partial charge in [0.25, 0.3) is 5.56 Å². The molecule has 7 heteroatoms. The number of fused-ring (bicyclic) bond motifs is 3. The van der Waals surface area contributed by atoms with E-state index in [0.29, 0.717) is 6.54 Å². The Balaban J connectivity index is 1.72. The summed E-state index contributed by atoms with van der Waals surface area (Å²) in [6, 6.07) is 8.00. The number of nitrogens with zero attached hydrogens (tertiary/aromatic N) is 2. The highest BCUT2D eigenvalue weighted by atomic mass is 32.2. The Morgan fingerprint density at radius 2 is 2.10 bits per heavy atom. The van der Waals surface area contributed by atoms with Gasteiger partial charge >= 0.3 is 0 Å². The molecule has 0 saturated carbocycles. The summed E-state index contributed by atoms with van der Waals surface area (Å²) in [6.45, 7) is 8.81. The zero-order chi connectivity index (χ0) is 20.6. The van der Waals surface area contributed by atoms with Crippen molar-refractivity contribution >= 4 is 45.1 Å². The third-order valence-corrected chi connectivity index (χ3v) is 8.71. The highest BCUT2D eigenvalue weighted by Crippen LogP contribution is 2.44. The van der Waals surface area contributed by atoms with Crippen molar-refractivity contribution in [2.24, 2.45) is 0 Å². The van der Waals surface area contributed by atoms with Crippen LogP contribution in [0, 0.1) is 0 Å². The summed E-state index contributed by atoms with van der Waals surface area (Å²) in [5.41, 5.74) is 2.43. The zero-order valence-corrected chi connectivity index (χ0v) is 19.3. The molecule has 0 spiro atoms. The molecular formula is C22H24N2O2S3. The Bertz CT molecular complexity index is 1110. The predicted octanol–water partition coefficient (Wildman–Crippen LogP) is 5.51. The highest BCUT2D eigenvalue weighted by Gasteiger charge is 2.31. The largest absolute Gasteiger partial charge is 0.497 e. The van der Waals surface area contributed by atoms with Gasteiger partial charge in [0, 0.05) is 27.7 Å². The summed E-state index contributed by atoms with van der Waals surface area (Å²) in [4.78, 5) is 20.5. The van der Waals surface area contributed by atoms with Crippen LogP contribution in [0.2, 0.25) is 0 Å². The van der Waals surface area contributed by atoms with Crippen molar-refractivity contribution < 1.29 is 4.74 Å². The summed E-state index contributed by atoms with van der Waals surface area (Å²) in [5.74, 6) is 2.54. The van der Waals surface area contributed by atoms with Gasteiger partial charge in [-0.1, -0.05) is 43.8 Å². The number of benzene rings is 1. The molecular weight excluding hydrogens is 420 g/mol. The minimum Gasteiger partial charge on any atom is -0.497 e. The second-order valence-corrected chi connectivity index (χ2v) is 11.4. The SMILES string of the molecule is C=CCn1c(SCc2ccc(OC)cc2)nc2sc3c(c2c1=O)CC(C)(C)SC3. The Morgan fingerprint density at radius 3 is 2.79 bits per heavy atom. The van der Waals surface area contributed by atoms with Crippen LogP contribution in [0.4, 0.5) is 0 Å². The van der Waals surface area contributed by atoms with Gasteiger partial charge in [0.2, 0.25) is 0 Å². The van der Waals surface area contributed by atoms with E-state index in [0.717, 1.165) is 39.0 Å². The molecule has 4 rings (SSSR count). The molecule has 0 radical (unpaired) electrons. The van der Waals surface area contributed by atoms with Crippen molar-refractivity contribution in [3.05, 3.63) is 63.3 Å². The predicted molar refractivity (Wildman–Crippen MR) is 126 cm³/mol. The van der Waals surface area contributed by atoms with Crippen molar-refractivity contribution in [1.82, 2.24) is 9.55 Å². The first-order chi connectivity index (χ1) is 13.9.